The predicted molar refractivity (Wildman–Crippen MR) is 79.3 cm³/mol. The third kappa shape index (κ3) is 3.22. The Hall–Kier alpha value is -0.770. The molecule has 2 rings (SSSR count). The Morgan fingerprint density at radius 2 is 1.89 bits per heavy atom. The summed E-state index contributed by atoms with van der Waals surface area (Å²) in [6, 6.07) is 3.47. The first-order valence-electron chi connectivity index (χ1n) is 6.05. The van der Waals surface area contributed by atoms with E-state index in [0.717, 1.165) is 24.2 Å². The third-order valence-corrected chi connectivity index (χ3v) is 4.15. The lowest BCUT2D eigenvalue weighted by atomic mass is 9.96. The quantitative estimate of drug-likeness (QED) is 0.771. The fourth-order valence-corrected chi connectivity index (χ4v) is 2.90. The minimum Gasteiger partial charge on any atom is -0.253 e. The molecular weight excluding hydrogens is 305 g/mol. The number of aromatic nitrogens is 3. The van der Waals surface area contributed by atoms with Gasteiger partial charge in [-0.1, -0.05) is 46.9 Å². The summed E-state index contributed by atoms with van der Waals surface area (Å²) >= 11 is 18.5. The molecule has 0 saturated carbocycles. The number of benzene rings is 1. The molecule has 0 spiro atoms. The van der Waals surface area contributed by atoms with Crippen LogP contribution in [-0.2, 0) is 13.0 Å². The first kappa shape index (κ1) is 14.6. The van der Waals surface area contributed by atoms with Crippen LogP contribution in [0.2, 0.25) is 15.1 Å². The highest BCUT2D eigenvalue weighted by molar-refractivity contribution is 6.44. The molecule has 0 fully saturated rings. The number of hydrogen-bond donors (Lipinski definition) is 0. The van der Waals surface area contributed by atoms with Crippen LogP contribution < -0.4 is 0 Å². The van der Waals surface area contributed by atoms with Crippen LogP contribution in [-0.4, -0.2) is 15.0 Å². The molecule has 0 aliphatic rings. The summed E-state index contributed by atoms with van der Waals surface area (Å²) in [5.41, 5.74) is 1.78. The Bertz CT molecular complexity index is 581. The van der Waals surface area contributed by atoms with E-state index in [4.69, 9.17) is 34.8 Å². The van der Waals surface area contributed by atoms with Crippen LogP contribution >= 0.6 is 34.8 Å². The van der Waals surface area contributed by atoms with E-state index in [9.17, 15) is 0 Å². The summed E-state index contributed by atoms with van der Waals surface area (Å²) in [4.78, 5) is 0. The van der Waals surface area contributed by atoms with Crippen LogP contribution in [0.15, 0.2) is 18.3 Å². The Morgan fingerprint density at radius 3 is 2.53 bits per heavy atom. The Balaban J connectivity index is 2.24. The second-order valence-corrected chi connectivity index (χ2v) is 5.62. The molecule has 2 aromatic rings. The number of halogens is 3. The largest absolute Gasteiger partial charge is 0.253 e. The summed E-state index contributed by atoms with van der Waals surface area (Å²) in [7, 11) is 0. The van der Waals surface area contributed by atoms with Crippen LogP contribution in [0, 0.1) is 0 Å². The maximum atomic E-state index is 6.23. The van der Waals surface area contributed by atoms with Crippen molar-refractivity contribution in [2.75, 3.05) is 0 Å². The molecule has 1 atom stereocenters. The van der Waals surface area contributed by atoms with Gasteiger partial charge in [0.25, 0.3) is 0 Å². The van der Waals surface area contributed by atoms with Gasteiger partial charge in [-0.2, -0.15) is 0 Å². The molecule has 6 heteroatoms. The minimum absolute atomic E-state index is 0.126. The van der Waals surface area contributed by atoms with Gasteiger partial charge in [-0.3, -0.25) is 4.68 Å². The zero-order valence-corrected chi connectivity index (χ0v) is 13.0. The van der Waals surface area contributed by atoms with Crippen molar-refractivity contribution >= 4 is 34.8 Å². The highest BCUT2D eigenvalue weighted by atomic mass is 35.5. The van der Waals surface area contributed by atoms with Crippen molar-refractivity contribution in [3.63, 3.8) is 0 Å². The van der Waals surface area contributed by atoms with Gasteiger partial charge in [-0.15, -0.1) is 5.10 Å². The van der Waals surface area contributed by atoms with Crippen LogP contribution in [0.5, 0.6) is 0 Å². The third-order valence-electron chi connectivity index (χ3n) is 3.00. The van der Waals surface area contributed by atoms with Gasteiger partial charge >= 0.3 is 0 Å². The van der Waals surface area contributed by atoms with Crippen LogP contribution in [0.25, 0.3) is 0 Å². The topological polar surface area (TPSA) is 30.7 Å². The molecule has 1 aromatic carbocycles. The van der Waals surface area contributed by atoms with Gasteiger partial charge in [-0.05, 0) is 37.0 Å². The summed E-state index contributed by atoms with van der Waals surface area (Å²) in [6.45, 7) is 4.88. The van der Waals surface area contributed by atoms with Crippen molar-refractivity contribution in [2.45, 2.75) is 32.7 Å². The normalized spacial score (nSPS) is 12.7. The molecule has 0 N–H and O–H groups in total. The molecule has 1 aromatic heterocycles. The maximum absolute atomic E-state index is 6.23. The minimum atomic E-state index is 0.126. The molecule has 0 radical (unpaired) electrons. The van der Waals surface area contributed by atoms with E-state index in [1.807, 2.05) is 20.0 Å². The second kappa shape index (κ2) is 6.12. The van der Waals surface area contributed by atoms with Gasteiger partial charge in [-0.25, -0.2) is 0 Å². The molecule has 1 heterocycles. The monoisotopic (exact) mass is 317 g/mol. The number of hydrogen-bond acceptors (Lipinski definition) is 2. The van der Waals surface area contributed by atoms with Crippen molar-refractivity contribution in [1.82, 2.24) is 15.0 Å². The Kier molecular flexibility index (Phi) is 4.71. The van der Waals surface area contributed by atoms with E-state index >= 15 is 0 Å². The number of aryl methyl sites for hydroxylation is 1. The number of nitrogens with zero attached hydrogens (tertiary/aromatic N) is 3. The molecule has 0 saturated heterocycles. The van der Waals surface area contributed by atoms with Crippen molar-refractivity contribution in [1.29, 1.82) is 0 Å². The first-order chi connectivity index (χ1) is 9.02. The molecule has 19 heavy (non-hydrogen) atoms. The van der Waals surface area contributed by atoms with Gasteiger partial charge in [0.15, 0.2) is 0 Å². The zero-order chi connectivity index (χ0) is 14.0. The molecule has 0 bridgehead atoms. The molecule has 0 aliphatic carbocycles. The van der Waals surface area contributed by atoms with Gasteiger partial charge in [0.1, 0.15) is 0 Å². The molecule has 1 unspecified atom stereocenters. The van der Waals surface area contributed by atoms with Gasteiger partial charge in [0.2, 0.25) is 0 Å². The van der Waals surface area contributed by atoms with E-state index in [0.29, 0.717) is 15.1 Å². The van der Waals surface area contributed by atoms with Crippen LogP contribution in [0.3, 0.4) is 0 Å². The van der Waals surface area contributed by atoms with Crippen molar-refractivity contribution < 1.29 is 0 Å². The lowest BCUT2D eigenvalue weighted by Crippen LogP contribution is -2.01. The van der Waals surface area contributed by atoms with E-state index in [2.05, 4.69) is 10.3 Å². The average molecular weight is 319 g/mol. The lowest BCUT2D eigenvalue weighted by molar-refractivity contribution is 0.626. The SMILES string of the molecule is CCn1cc(CC(C)c2c(Cl)ccc(Cl)c2Cl)nn1. The molecule has 0 aliphatic heterocycles. The standard InChI is InChI=1S/C13H14Cl3N3/c1-3-19-7-9(17-18-19)6-8(2)12-10(14)4-5-11(15)13(12)16/h4-5,7-8H,3,6H2,1-2H3. The zero-order valence-electron chi connectivity index (χ0n) is 10.7. The van der Waals surface area contributed by atoms with Crippen molar-refractivity contribution in [2.24, 2.45) is 0 Å². The molecule has 0 amide bonds. The fourth-order valence-electron chi connectivity index (χ4n) is 2.00. The van der Waals surface area contributed by atoms with E-state index < -0.39 is 0 Å². The Morgan fingerprint density at radius 1 is 1.21 bits per heavy atom. The van der Waals surface area contributed by atoms with Crippen molar-refractivity contribution in [3.05, 3.63) is 44.7 Å². The van der Waals surface area contributed by atoms with Crippen molar-refractivity contribution in [3.8, 4) is 0 Å². The Labute approximate surface area is 127 Å². The average Bonchev–Trinajstić information content (AvgIpc) is 2.82. The van der Waals surface area contributed by atoms with Crippen LogP contribution in [0.4, 0.5) is 0 Å². The maximum Gasteiger partial charge on any atom is 0.0833 e. The van der Waals surface area contributed by atoms with Crippen LogP contribution in [0.1, 0.15) is 31.0 Å². The number of rotatable bonds is 4. The highest BCUT2D eigenvalue weighted by Crippen LogP contribution is 2.37. The summed E-state index contributed by atoms with van der Waals surface area (Å²) in [5, 5.41) is 9.81. The molecule has 3 nitrogen and oxygen atoms in total. The summed E-state index contributed by atoms with van der Waals surface area (Å²) in [5.74, 6) is 0.126. The molecular formula is C13H14Cl3N3. The summed E-state index contributed by atoms with van der Waals surface area (Å²) < 4.78 is 1.79. The van der Waals surface area contributed by atoms with E-state index in [1.54, 1.807) is 16.8 Å². The van der Waals surface area contributed by atoms with E-state index in [1.165, 1.54) is 0 Å². The first-order valence-corrected chi connectivity index (χ1v) is 7.18. The highest BCUT2D eigenvalue weighted by Gasteiger charge is 2.17. The van der Waals surface area contributed by atoms with Gasteiger partial charge in [0.05, 0.1) is 15.7 Å². The second-order valence-electron chi connectivity index (χ2n) is 4.43. The smallest absolute Gasteiger partial charge is 0.0833 e. The van der Waals surface area contributed by atoms with Gasteiger partial charge in [0, 0.05) is 17.8 Å². The fraction of sp³-hybridized carbons (Fsp3) is 0.385. The lowest BCUT2D eigenvalue weighted by Gasteiger charge is -2.15. The predicted octanol–water partition coefficient (Wildman–Crippen LogP) is 4.60. The molecule has 102 valence electrons. The summed E-state index contributed by atoms with van der Waals surface area (Å²) in [6.07, 6.45) is 2.66. The van der Waals surface area contributed by atoms with E-state index in [-0.39, 0.29) is 5.92 Å². The van der Waals surface area contributed by atoms with Gasteiger partial charge < -0.3 is 0 Å².